The molecule has 0 aliphatic heterocycles. The predicted octanol–water partition coefficient (Wildman–Crippen LogP) is 15.9. The highest BCUT2D eigenvalue weighted by Gasteiger charge is 2.16. The van der Waals surface area contributed by atoms with Crippen LogP contribution in [0.15, 0.2) is 206 Å². The largest absolute Gasteiger partial charge is 0.0616 e. The Hall–Kier alpha value is -7.28. The van der Waals surface area contributed by atoms with Gasteiger partial charge in [0.05, 0.1) is 0 Å². The van der Waals surface area contributed by atoms with Crippen LogP contribution in [-0.2, 0) is 0 Å². The molecule has 0 bridgehead atoms. The van der Waals surface area contributed by atoms with Crippen LogP contribution in [0.4, 0.5) is 0 Å². The molecule has 0 unspecified atom stereocenters. The Labute approximate surface area is 324 Å². The molecule has 12 rings (SSSR count). The van der Waals surface area contributed by atoms with Gasteiger partial charge in [0.25, 0.3) is 0 Å². The SMILES string of the molecule is c1ccc2c(-c3cc4ccccc4c4c3ccc3ccccc34)cc(-c3ccc4cc(-c5cc6ccccc6c6c5ccc5ccccc56)ccc4c3)cc2c1. The summed E-state index contributed by atoms with van der Waals surface area (Å²) in [6.07, 6.45) is 0. The summed E-state index contributed by atoms with van der Waals surface area (Å²) in [6.45, 7) is 0. The zero-order chi connectivity index (χ0) is 36.7. The monoisotopic (exact) mass is 706 g/mol. The van der Waals surface area contributed by atoms with Gasteiger partial charge in [-0.05, 0) is 156 Å². The number of hydrogen-bond acceptors (Lipinski definition) is 0. The van der Waals surface area contributed by atoms with Crippen molar-refractivity contribution in [2.75, 3.05) is 0 Å². The maximum Gasteiger partial charge on any atom is -0.00206 e. The lowest BCUT2D eigenvalue weighted by atomic mass is 9.87. The van der Waals surface area contributed by atoms with Gasteiger partial charge in [-0.1, -0.05) is 170 Å². The van der Waals surface area contributed by atoms with Crippen molar-refractivity contribution in [1.82, 2.24) is 0 Å². The van der Waals surface area contributed by atoms with Crippen LogP contribution < -0.4 is 0 Å². The average Bonchev–Trinajstić information content (AvgIpc) is 3.27. The van der Waals surface area contributed by atoms with E-state index in [1.807, 2.05) is 0 Å². The van der Waals surface area contributed by atoms with E-state index >= 15 is 0 Å². The van der Waals surface area contributed by atoms with E-state index in [4.69, 9.17) is 0 Å². The van der Waals surface area contributed by atoms with Crippen molar-refractivity contribution in [2.45, 2.75) is 0 Å². The van der Waals surface area contributed by atoms with Gasteiger partial charge in [0.15, 0.2) is 0 Å². The Kier molecular flexibility index (Phi) is 6.73. The quantitative estimate of drug-likeness (QED) is 0.160. The third-order valence-electron chi connectivity index (χ3n) is 12.1. The van der Waals surface area contributed by atoms with E-state index in [0.29, 0.717) is 0 Å². The molecule has 0 N–H and O–H groups in total. The van der Waals surface area contributed by atoms with E-state index in [1.165, 1.54) is 120 Å². The minimum atomic E-state index is 1.22. The summed E-state index contributed by atoms with van der Waals surface area (Å²) in [7, 11) is 0. The van der Waals surface area contributed by atoms with E-state index < -0.39 is 0 Å². The molecule has 0 nitrogen and oxygen atoms in total. The number of fused-ring (bicyclic) bond motifs is 12. The van der Waals surface area contributed by atoms with Gasteiger partial charge in [-0.25, -0.2) is 0 Å². The van der Waals surface area contributed by atoms with Gasteiger partial charge in [0, 0.05) is 0 Å². The third-order valence-corrected chi connectivity index (χ3v) is 12.1. The molecule has 0 radical (unpaired) electrons. The molecule has 0 saturated heterocycles. The van der Waals surface area contributed by atoms with Crippen LogP contribution >= 0.6 is 0 Å². The van der Waals surface area contributed by atoms with Gasteiger partial charge in [-0.15, -0.1) is 0 Å². The van der Waals surface area contributed by atoms with Crippen molar-refractivity contribution in [2.24, 2.45) is 0 Å². The van der Waals surface area contributed by atoms with E-state index in [2.05, 4.69) is 206 Å². The first-order valence-corrected chi connectivity index (χ1v) is 19.5. The molecule has 0 amide bonds. The van der Waals surface area contributed by atoms with Crippen molar-refractivity contribution in [3.8, 4) is 33.4 Å². The number of rotatable bonds is 3. The van der Waals surface area contributed by atoms with E-state index in [1.54, 1.807) is 0 Å². The van der Waals surface area contributed by atoms with Crippen LogP contribution in [0.3, 0.4) is 0 Å². The van der Waals surface area contributed by atoms with E-state index in [-0.39, 0.29) is 0 Å². The summed E-state index contributed by atoms with van der Waals surface area (Å²) < 4.78 is 0. The Morgan fingerprint density at radius 1 is 0.179 bits per heavy atom. The van der Waals surface area contributed by atoms with Gasteiger partial charge in [-0.3, -0.25) is 0 Å². The van der Waals surface area contributed by atoms with Crippen molar-refractivity contribution >= 4 is 86.2 Å². The second-order valence-corrected chi connectivity index (χ2v) is 15.2. The second-order valence-electron chi connectivity index (χ2n) is 15.2. The Morgan fingerprint density at radius 3 is 1.14 bits per heavy atom. The zero-order valence-corrected chi connectivity index (χ0v) is 30.6. The lowest BCUT2D eigenvalue weighted by molar-refractivity contribution is 1.65. The summed E-state index contributed by atoms with van der Waals surface area (Å²) in [5.41, 5.74) is 7.47. The fourth-order valence-electron chi connectivity index (χ4n) is 9.49. The Bertz CT molecular complexity index is 3560. The number of hydrogen-bond donors (Lipinski definition) is 0. The lowest BCUT2D eigenvalue weighted by Crippen LogP contribution is -1.90. The maximum atomic E-state index is 2.42. The summed E-state index contributed by atoms with van der Waals surface area (Å²) in [4.78, 5) is 0. The highest BCUT2D eigenvalue weighted by molar-refractivity contribution is 6.26. The lowest BCUT2D eigenvalue weighted by Gasteiger charge is -2.17. The smallest absolute Gasteiger partial charge is 0.00206 e. The fraction of sp³-hybridized carbons (Fsp3) is 0. The molecule has 0 saturated carbocycles. The topological polar surface area (TPSA) is 0 Å². The molecule has 0 aliphatic carbocycles. The molecule has 12 aromatic rings. The molecule has 0 atom stereocenters. The van der Waals surface area contributed by atoms with Crippen LogP contribution in [0.5, 0.6) is 0 Å². The maximum absolute atomic E-state index is 2.42. The molecule has 0 heteroatoms. The van der Waals surface area contributed by atoms with Crippen molar-refractivity contribution in [1.29, 1.82) is 0 Å². The van der Waals surface area contributed by atoms with Gasteiger partial charge in [-0.2, -0.15) is 0 Å². The van der Waals surface area contributed by atoms with Gasteiger partial charge >= 0.3 is 0 Å². The molecule has 258 valence electrons. The van der Waals surface area contributed by atoms with Crippen molar-refractivity contribution in [3.05, 3.63) is 206 Å². The Morgan fingerprint density at radius 2 is 0.554 bits per heavy atom. The van der Waals surface area contributed by atoms with Crippen LogP contribution in [0, 0.1) is 0 Å². The van der Waals surface area contributed by atoms with Crippen molar-refractivity contribution in [3.63, 3.8) is 0 Å². The highest BCUT2D eigenvalue weighted by Crippen LogP contribution is 2.44. The molecule has 0 spiro atoms. The first-order chi connectivity index (χ1) is 27.7. The average molecular weight is 707 g/mol. The third kappa shape index (κ3) is 4.73. The summed E-state index contributed by atoms with van der Waals surface area (Å²) >= 11 is 0. The first kappa shape index (κ1) is 31.1. The second kappa shape index (κ2) is 12.1. The molecule has 56 heavy (non-hydrogen) atoms. The molecule has 0 fully saturated rings. The predicted molar refractivity (Wildman–Crippen MR) is 243 cm³/mol. The van der Waals surface area contributed by atoms with Crippen LogP contribution in [-0.4, -0.2) is 0 Å². The molecule has 0 heterocycles. The minimum absolute atomic E-state index is 1.22. The standard InChI is InChI=1S/C56H34/c1-7-17-46-35(11-1)25-27-50-52(32-41-14-4-9-19-48(41)55(46)50)43-24-23-37-29-39(22-21-38(37)30-43)44-31-40-13-3-6-16-45(40)53(34-44)54-33-42-15-5-10-20-49(42)56-47-18-8-2-12-36(47)26-28-51(54)56/h1-34H. The normalized spacial score (nSPS) is 11.9. The molecular weight excluding hydrogens is 673 g/mol. The van der Waals surface area contributed by atoms with Crippen LogP contribution in [0.2, 0.25) is 0 Å². The highest BCUT2D eigenvalue weighted by atomic mass is 14.2. The molecular formula is C56H34. The summed E-state index contributed by atoms with van der Waals surface area (Å²) in [6, 6.07) is 76.8. The van der Waals surface area contributed by atoms with Crippen molar-refractivity contribution < 1.29 is 0 Å². The van der Waals surface area contributed by atoms with Gasteiger partial charge in [0.1, 0.15) is 0 Å². The minimum Gasteiger partial charge on any atom is -0.0616 e. The Balaban J connectivity index is 1.04. The van der Waals surface area contributed by atoms with Gasteiger partial charge < -0.3 is 0 Å². The molecule has 0 aromatic heterocycles. The zero-order valence-electron chi connectivity index (χ0n) is 30.6. The summed E-state index contributed by atoms with van der Waals surface area (Å²) in [5.74, 6) is 0. The van der Waals surface area contributed by atoms with Crippen LogP contribution in [0.25, 0.3) is 120 Å². The van der Waals surface area contributed by atoms with Gasteiger partial charge in [0.2, 0.25) is 0 Å². The van der Waals surface area contributed by atoms with E-state index in [9.17, 15) is 0 Å². The fourth-order valence-corrected chi connectivity index (χ4v) is 9.49. The summed E-state index contributed by atoms with van der Waals surface area (Å²) in [5, 5.41) is 20.4. The first-order valence-electron chi connectivity index (χ1n) is 19.5. The molecule has 12 aromatic carbocycles. The van der Waals surface area contributed by atoms with E-state index in [0.717, 1.165) is 0 Å². The number of benzene rings is 12. The van der Waals surface area contributed by atoms with Crippen LogP contribution in [0.1, 0.15) is 0 Å². The molecule has 0 aliphatic rings.